The molecule has 5 heteroatoms. The molecular weight excluding hydrogens is 230 g/mol. The molecule has 0 aromatic rings. The smallest absolute Gasteiger partial charge is 0.237 e. The molecule has 1 fully saturated rings. The maximum Gasteiger partial charge on any atom is 0.237 e. The molecule has 106 valence electrons. The number of ether oxygens (including phenoxy) is 1. The van der Waals surface area contributed by atoms with Gasteiger partial charge in [0.1, 0.15) is 0 Å². The van der Waals surface area contributed by atoms with Gasteiger partial charge in [-0.3, -0.25) is 9.69 Å². The highest BCUT2D eigenvalue weighted by atomic mass is 16.5. The molecule has 1 aliphatic rings. The van der Waals surface area contributed by atoms with Gasteiger partial charge in [0.15, 0.2) is 0 Å². The van der Waals surface area contributed by atoms with Crippen molar-refractivity contribution in [2.75, 3.05) is 26.8 Å². The van der Waals surface area contributed by atoms with E-state index in [1.54, 1.807) is 7.11 Å². The largest absolute Gasteiger partial charge is 0.383 e. The van der Waals surface area contributed by atoms with E-state index in [-0.39, 0.29) is 11.9 Å². The first-order valence-corrected chi connectivity index (χ1v) is 6.86. The van der Waals surface area contributed by atoms with Gasteiger partial charge in [0.25, 0.3) is 0 Å². The van der Waals surface area contributed by atoms with Gasteiger partial charge in [-0.25, -0.2) is 0 Å². The van der Waals surface area contributed by atoms with Gasteiger partial charge in [0.2, 0.25) is 5.91 Å². The summed E-state index contributed by atoms with van der Waals surface area (Å²) in [4.78, 5) is 14.3. The van der Waals surface area contributed by atoms with Crippen LogP contribution in [-0.4, -0.2) is 55.7 Å². The number of hydrogen-bond donors (Lipinski definition) is 2. The molecule has 1 rings (SSSR count). The molecule has 0 spiro atoms. The fourth-order valence-corrected chi connectivity index (χ4v) is 2.80. The third-order valence-electron chi connectivity index (χ3n) is 3.79. The van der Waals surface area contributed by atoms with Crippen molar-refractivity contribution in [1.82, 2.24) is 10.2 Å². The van der Waals surface area contributed by atoms with E-state index >= 15 is 0 Å². The van der Waals surface area contributed by atoms with Gasteiger partial charge in [0.05, 0.1) is 12.6 Å². The summed E-state index contributed by atoms with van der Waals surface area (Å²) in [6, 6.07) is 0.637. The predicted octanol–water partition coefficient (Wildman–Crippen LogP) is 0.339. The molecule has 0 saturated carbocycles. The molecule has 1 heterocycles. The Hall–Kier alpha value is -0.650. The number of nitrogens with one attached hydrogen (secondary N) is 1. The summed E-state index contributed by atoms with van der Waals surface area (Å²) in [7, 11) is 1.63. The Morgan fingerprint density at radius 2 is 2.28 bits per heavy atom. The van der Waals surface area contributed by atoms with Crippen molar-refractivity contribution in [2.24, 2.45) is 5.73 Å². The summed E-state index contributed by atoms with van der Waals surface area (Å²) in [5.41, 5.74) is 5.82. The zero-order valence-electron chi connectivity index (χ0n) is 11.8. The van der Waals surface area contributed by atoms with Crippen LogP contribution in [-0.2, 0) is 9.53 Å². The molecular formula is C13H27N3O2. The molecule has 0 aromatic heterocycles. The van der Waals surface area contributed by atoms with E-state index in [1.807, 2.05) is 6.92 Å². The van der Waals surface area contributed by atoms with Crippen molar-refractivity contribution in [3.63, 3.8) is 0 Å². The molecule has 3 atom stereocenters. The number of rotatable bonds is 6. The van der Waals surface area contributed by atoms with Crippen LogP contribution < -0.4 is 11.1 Å². The maximum absolute atomic E-state index is 12.1. The minimum absolute atomic E-state index is 0.0687. The molecule has 5 nitrogen and oxygen atoms in total. The van der Waals surface area contributed by atoms with Crippen molar-refractivity contribution in [3.8, 4) is 0 Å². The Labute approximate surface area is 110 Å². The van der Waals surface area contributed by atoms with Crippen molar-refractivity contribution < 1.29 is 9.53 Å². The number of nitrogens with zero attached hydrogens (tertiary/aromatic N) is 1. The van der Waals surface area contributed by atoms with E-state index in [0.717, 1.165) is 12.8 Å². The van der Waals surface area contributed by atoms with E-state index in [0.29, 0.717) is 31.8 Å². The molecule has 0 bridgehead atoms. The van der Waals surface area contributed by atoms with Gasteiger partial charge in [0, 0.05) is 32.3 Å². The van der Waals surface area contributed by atoms with E-state index in [1.165, 1.54) is 6.42 Å². The topological polar surface area (TPSA) is 67.6 Å². The van der Waals surface area contributed by atoms with Crippen LogP contribution in [0.4, 0.5) is 0 Å². The van der Waals surface area contributed by atoms with E-state index in [2.05, 4.69) is 17.1 Å². The number of methoxy groups -OCH3 is 1. The lowest BCUT2D eigenvalue weighted by Crippen LogP contribution is -2.57. The van der Waals surface area contributed by atoms with Gasteiger partial charge >= 0.3 is 0 Å². The number of nitrogens with two attached hydrogens (primary N) is 1. The second kappa shape index (κ2) is 7.71. The molecule has 0 aliphatic carbocycles. The normalized spacial score (nSPS) is 26.9. The zero-order chi connectivity index (χ0) is 13.5. The summed E-state index contributed by atoms with van der Waals surface area (Å²) in [5, 5.41) is 2.90. The fourth-order valence-electron chi connectivity index (χ4n) is 2.80. The maximum atomic E-state index is 12.1. The average molecular weight is 257 g/mol. The highest BCUT2D eigenvalue weighted by Crippen LogP contribution is 2.24. The Bertz CT molecular complexity index is 261. The zero-order valence-corrected chi connectivity index (χ0v) is 11.8. The average Bonchev–Trinajstić information content (AvgIpc) is 2.37. The number of carbonyl (C=O) groups excluding carboxylic acids is 1. The van der Waals surface area contributed by atoms with Gasteiger partial charge in [-0.05, 0) is 26.7 Å². The minimum atomic E-state index is -0.120. The fraction of sp³-hybridized carbons (Fsp3) is 0.923. The summed E-state index contributed by atoms with van der Waals surface area (Å²) < 4.78 is 4.93. The number of piperidine rings is 1. The monoisotopic (exact) mass is 257 g/mol. The van der Waals surface area contributed by atoms with Crippen LogP contribution in [0.2, 0.25) is 0 Å². The Morgan fingerprint density at radius 1 is 1.56 bits per heavy atom. The minimum Gasteiger partial charge on any atom is -0.383 e. The summed E-state index contributed by atoms with van der Waals surface area (Å²) in [6.45, 7) is 5.89. The van der Waals surface area contributed by atoms with Crippen molar-refractivity contribution >= 4 is 5.91 Å². The first-order valence-electron chi connectivity index (χ1n) is 6.86. The van der Waals surface area contributed by atoms with Crippen molar-refractivity contribution in [1.29, 1.82) is 0 Å². The number of hydrogen-bond acceptors (Lipinski definition) is 4. The van der Waals surface area contributed by atoms with E-state index in [4.69, 9.17) is 10.5 Å². The molecule has 0 radical (unpaired) electrons. The second-order valence-electron chi connectivity index (χ2n) is 5.08. The van der Waals surface area contributed by atoms with E-state index in [9.17, 15) is 4.79 Å². The van der Waals surface area contributed by atoms with Crippen LogP contribution in [0.1, 0.15) is 33.1 Å². The number of carbonyl (C=O) groups is 1. The molecule has 1 aliphatic heterocycles. The first-order chi connectivity index (χ1) is 8.61. The SMILES string of the molecule is COCCNC(=O)C(C)N1C(C)CCCC1CN. The Kier molecular flexibility index (Phi) is 6.60. The highest BCUT2D eigenvalue weighted by molar-refractivity contribution is 5.81. The quantitative estimate of drug-likeness (QED) is 0.673. The number of likely N-dealkylation sites (tertiary alicyclic amines) is 1. The third kappa shape index (κ3) is 3.93. The molecule has 0 aromatic carbocycles. The lowest BCUT2D eigenvalue weighted by Gasteiger charge is -2.43. The van der Waals surface area contributed by atoms with Gasteiger partial charge in [-0.15, -0.1) is 0 Å². The summed E-state index contributed by atoms with van der Waals surface area (Å²) in [6.07, 6.45) is 3.44. The molecule has 18 heavy (non-hydrogen) atoms. The molecule has 3 N–H and O–H groups in total. The van der Waals surface area contributed by atoms with Crippen LogP contribution in [0, 0.1) is 0 Å². The second-order valence-corrected chi connectivity index (χ2v) is 5.08. The van der Waals surface area contributed by atoms with Crippen LogP contribution in [0.3, 0.4) is 0 Å². The molecule has 1 saturated heterocycles. The van der Waals surface area contributed by atoms with Crippen LogP contribution >= 0.6 is 0 Å². The molecule has 1 amide bonds. The van der Waals surface area contributed by atoms with Crippen LogP contribution in [0.15, 0.2) is 0 Å². The van der Waals surface area contributed by atoms with E-state index < -0.39 is 0 Å². The lowest BCUT2D eigenvalue weighted by atomic mass is 9.94. The molecule has 3 unspecified atom stereocenters. The first kappa shape index (κ1) is 15.4. The third-order valence-corrected chi connectivity index (χ3v) is 3.79. The lowest BCUT2D eigenvalue weighted by molar-refractivity contribution is -0.128. The van der Waals surface area contributed by atoms with Gasteiger partial charge < -0.3 is 15.8 Å². The summed E-state index contributed by atoms with van der Waals surface area (Å²) in [5.74, 6) is 0.0687. The van der Waals surface area contributed by atoms with Gasteiger partial charge in [-0.1, -0.05) is 6.42 Å². The Morgan fingerprint density at radius 3 is 2.89 bits per heavy atom. The number of amides is 1. The standard InChI is InChI=1S/C13H27N3O2/c1-10-5-4-6-12(9-14)16(10)11(2)13(17)15-7-8-18-3/h10-12H,4-9,14H2,1-3H3,(H,15,17). The van der Waals surface area contributed by atoms with Crippen molar-refractivity contribution in [2.45, 2.75) is 51.2 Å². The van der Waals surface area contributed by atoms with Crippen LogP contribution in [0.5, 0.6) is 0 Å². The van der Waals surface area contributed by atoms with Crippen molar-refractivity contribution in [3.05, 3.63) is 0 Å². The Balaban J connectivity index is 2.55. The highest BCUT2D eigenvalue weighted by Gasteiger charge is 2.33. The van der Waals surface area contributed by atoms with Gasteiger partial charge in [-0.2, -0.15) is 0 Å². The summed E-state index contributed by atoms with van der Waals surface area (Å²) >= 11 is 0. The predicted molar refractivity (Wildman–Crippen MR) is 72.3 cm³/mol. The van der Waals surface area contributed by atoms with Crippen LogP contribution in [0.25, 0.3) is 0 Å².